The Morgan fingerprint density at radius 3 is 2.64 bits per heavy atom. The van der Waals surface area contributed by atoms with Crippen LogP contribution in [0.4, 0.5) is 0 Å². The number of rotatable bonds is 7. The first-order valence-electron chi connectivity index (χ1n) is 10.2. The van der Waals surface area contributed by atoms with Gasteiger partial charge in [0.05, 0.1) is 0 Å². The Bertz CT molecular complexity index is 666. The van der Waals surface area contributed by atoms with Crippen molar-refractivity contribution >= 4 is 35.8 Å². The van der Waals surface area contributed by atoms with Crippen molar-refractivity contribution < 1.29 is 4.79 Å². The van der Waals surface area contributed by atoms with Crippen molar-refractivity contribution in [3.8, 4) is 0 Å². The molecule has 0 aliphatic carbocycles. The minimum atomic E-state index is 0. The van der Waals surface area contributed by atoms with Crippen molar-refractivity contribution in [1.29, 1.82) is 0 Å². The summed E-state index contributed by atoms with van der Waals surface area (Å²) in [6.45, 7) is 7.76. The predicted molar refractivity (Wildman–Crippen MR) is 125 cm³/mol. The van der Waals surface area contributed by atoms with Gasteiger partial charge in [-0.05, 0) is 43.5 Å². The smallest absolute Gasteiger partial charge is 0.222 e. The topological polar surface area (TPSA) is 60.0 Å². The first kappa shape index (κ1) is 22.9. The van der Waals surface area contributed by atoms with Gasteiger partial charge in [0.2, 0.25) is 5.91 Å². The van der Waals surface area contributed by atoms with Gasteiger partial charge in [0.15, 0.2) is 5.96 Å². The van der Waals surface area contributed by atoms with Gasteiger partial charge in [0.1, 0.15) is 0 Å². The van der Waals surface area contributed by atoms with Crippen LogP contribution in [0, 0.1) is 0 Å². The number of hydrogen-bond acceptors (Lipinski definition) is 3. The molecule has 2 heterocycles. The maximum atomic E-state index is 11.9. The van der Waals surface area contributed by atoms with E-state index in [-0.39, 0.29) is 29.9 Å². The zero-order valence-corrected chi connectivity index (χ0v) is 19.4. The van der Waals surface area contributed by atoms with Crippen LogP contribution in [0.2, 0.25) is 0 Å². The van der Waals surface area contributed by atoms with Crippen molar-refractivity contribution in [2.75, 3.05) is 33.2 Å². The van der Waals surface area contributed by atoms with Gasteiger partial charge in [-0.1, -0.05) is 31.2 Å². The molecule has 1 amide bonds. The zero-order valence-electron chi connectivity index (χ0n) is 17.1. The minimum absolute atomic E-state index is 0. The molecule has 7 heteroatoms. The van der Waals surface area contributed by atoms with Gasteiger partial charge in [-0.15, -0.1) is 24.0 Å². The van der Waals surface area contributed by atoms with E-state index in [1.807, 2.05) is 18.0 Å². The molecule has 1 aromatic carbocycles. The molecule has 1 atom stereocenters. The van der Waals surface area contributed by atoms with E-state index in [9.17, 15) is 4.79 Å². The summed E-state index contributed by atoms with van der Waals surface area (Å²) in [5, 5.41) is 6.91. The Morgan fingerprint density at radius 1 is 1.18 bits per heavy atom. The average Bonchev–Trinajstić information content (AvgIpc) is 3.31. The van der Waals surface area contributed by atoms with E-state index in [0.717, 1.165) is 32.0 Å². The van der Waals surface area contributed by atoms with E-state index in [0.29, 0.717) is 25.6 Å². The van der Waals surface area contributed by atoms with Crippen molar-refractivity contribution in [3.05, 3.63) is 35.4 Å². The molecule has 1 unspecified atom stereocenters. The number of nitrogens with zero attached hydrogens (tertiary/aromatic N) is 3. The number of likely N-dealkylation sites (N-methyl/N-ethyl adjacent to an activating group) is 1. The van der Waals surface area contributed by atoms with Crippen LogP contribution >= 0.6 is 24.0 Å². The van der Waals surface area contributed by atoms with Crippen LogP contribution in [-0.2, 0) is 17.9 Å². The summed E-state index contributed by atoms with van der Waals surface area (Å²) in [7, 11) is 1.82. The van der Waals surface area contributed by atoms with E-state index in [1.165, 1.54) is 30.5 Å². The third-order valence-corrected chi connectivity index (χ3v) is 5.73. The van der Waals surface area contributed by atoms with E-state index >= 15 is 0 Å². The van der Waals surface area contributed by atoms with Crippen LogP contribution in [0.15, 0.2) is 29.3 Å². The Kier molecular flexibility index (Phi) is 9.50. The fourth-order valence-corrected chi connectivity index (χ4v) is 4.12. The predicted octanol–water partition coefficient (Wildman–Crippen LogP) is 2.58. The van der Waals surface area contributed by atoms with Crippen LogP contribution in [0.5, 0.6) is 0 Å². The summed E-state index contributed by atoms with van der Waals surface area (Å²) in [6, 6.07) is 8.95. The zero-order chi connectivity index (χ0) is 19.1. The number of aliphatic imine (C=N–C) groups is 1. The quantitative estimate of drug-likeness (QED) is 0.344. The maximum absolute atomic E-state index is 11.9. The van der Waals surface area contributed by atoms with Gasteiger partial charge in [0.25, 0.3) is 0 Å². The first-order valence-corrected chi connectivity index (χ1v) is 10.2. The average molecular weight is 499 g/mol. The highest BCUT2D eigenvalue weighted by atomic mass is 127. The number of nitrogens with one attached hydrogen (secondary N) is 2. The number of benzene rings is 1. The summed E-state index contributed by atoms with van der Waals surface area (Å²) in [6.07, 6.45) is 4.21. The van der Waals surface area contributed by atoms with Crippen LogP contribution in [-0.4, -0.2) is 60.9 Å². The molecule has 0 bridgehead atoms. The van der Waals surface area contributed by atoms with Gasteiger partial charge in [0, 0.05) is 45.7 Å². The largest absolute Gasteiger partial charge is 0.355 e. The molecular weight excluding hydrogens is 465 g/mol. The second-order valence-electron chi connectivity index (χ2n) is 7.42. The Balaban J connectivity index is 0.00000280. The summed E-state index contributed by atoms with van der Waals surface area (Å²) in [4.78, 5) is 20.8. The summed E-state index contributed by atoms with van der Waals surface area (Å²) in [5.41, 5.74) is 2.43. The van der Waals surface area contributed by atoms with Crippen LogP contribution in [0.3, 0.4) is 0 Å². The molecule has 0 spiro atoms. The summed E-state index contributed by atoms with van der Waals surface area (Å²) in [5.74, 6) is 1.11. The molecule has 28 heavy (non-hydrogen) atoms. The third kappa shape index (κ3) is 6.07. The highest BCUT2D eigenvalue weighted by Gasteiger charge is 2.23. The fraction of sp³-hybridized carbons (Fsp3) is 0.619. The summed E-state index contributed by atoms with van der Waals surface area (Å²) < 4.78 is 0. The Morgan fingerprint density at radius 2 is 1.96 bits per heavy atom. The van der Waals surface area contributed by atoms with Gasteiger partial charge in [-0.2, -0.15) is 0 Å². The number of guanidine groups is 1. The first-order chi connectivity index (χ1) is 13.2. The SMILES string of the molecule is CCN1CCCC1CNC(=NC)NCc1ccccc1CN1CCCC1=O.I. The van der Waals surface area contributed by atoms with Crippen molar-refractivity contribution in [2.24, 2.45) is 4.99 Å². The second-order valence-corrected chi connectivity index (χ2v) is 7.42. The van der Waals surface area contributed by atoms with E-state index in [2.05, 4.69) is 45.6 Å². The van der Waals surface area contributed by atoms with Crippen molar-refractivity contribution in [3.63, 3.8) is 0 Å². The monoisotopic (exact) mass is 499 g/mol. The van der Waals surface area contributed by atoms with E-state index < -0.39 is 0 Å². The lowest BCUT2D eigenvalue weighted by molar-refractivity contribution is -0.128. The lowest BCUT2D eigenvalue weighted by atomic mass is 10.1. The van der Waals surface area contributed by atoms with Crippen LogP contribution in [0.25, 0.3) is 0 Å². The van der Waals surface area contributed by atoms with Gasteiger partial charge in [-0.25, -0.2) is 0 Å². The van der Waals surface area contributed by atoms with E-state index in [4.69, 9.17) is 0 Å². The normalized spacial score (nSPS) is 20.4. The standard InChI is InChI=1S/C21H33N5O.HI/c1-3-25-12-6-10-19(25)15-24-21(22-2)23-14-17-8-4-5-9-18(17)16-26-13-7-11-20(26)27;/h4-5,8-9,19H,3,6-7,10-16H2,1-2H3,(H2,22,23,24);1H. The fourth-order valence-electron chi connectivity index (χ4n) is 4.12. The third-order valence-electron chi connectivity index (χ3n) is 5.73. The van der Waals surface area contributed by atoms with Gasteiger partial charge < -0.3 is 15.5 Å². The number of halogens is 1. The van der Waals surface area contributed by atoms with Crippen molar-refractivity contribution in [2.45, 2.75) is 51.7 Å². The molecule has 3 rings (SSSR count). The molecule has 2 fully saturated rings. The van der Waals surface area contributed by atoms with Gasteiger partial charge >= 0.3 is 0 Å². The Hall–Kier alpha value is -1.35. The summed E-state index contributed by atoms with van der Waals surface area (Å²) >= 11 is 0. The van der Waals surface area contributed by atoms with Gasteiger partial charge in [-0.3, -0.25) is 14.7 Å². The highest BCUT2D eigenvalue weighted by molar-refractivity contribution is 14.0. The Labute approximate surface area is 186 Å². The number of amides is 1. The maximum Gasteiger partial charge on any atom is 0.222 e. The lowest BCUT2D eigenvalue weighted by Crippen LogP contribution is -2.44. The molecule has 1 aromatic rings. The lowest BCUT2D eigenvalue weighted by Gasteiger charge is -2.24. The molecular formula is C21H34IN5O. The highest BCUT2D eigenvalue weighted by Crippen LogP contribution is 2.17. The number of carbonyl (C=O) groups excluding carboxylic acids is 1. The van der Waals surface area contributed by atoms with Crippen LogP contribution in [0.1, 0.15) is 43.7 Å². The van der Waals surface area contributed by atoms with Crippen LogP contribution < -0.4 is 10.6 Å². The molecule has 0 saturated carbocycles. The molecule has 2 aliphatic rings. The van der Waals surface area contributed by atoms with E-state index in [1.54, 1.807) is 0 Å². The minimum Gasteiger partial charge on any atom is -0.355 e. The number of likely N-dealkylation sites (tertiary alicyclic amines) is 2. The molecule has 0 radical (unpaired) electrons. The molecule has 2 saturated heterocycles. The van der Waals surface area contributed by atoms with Crippen molar-refractivity contribution in [1.82, 2.24) is 20.4 Å². The second kappa shape index (κ2) is 11.6. The molecule has 6 nitrogen and oxygen atoms in total. The molecule has 2 aliphatic heterocycles. The molecule has 2 N–H and O–H groups in total. The number of hydrogen-bond donors (Lipinski definition) is 2. The molecule has 156 valence electrons. The number of carbonyl (C=O) groups is 1. The molecule has 0 aromatic heterocycles.